The minimum absolute atomic E-state index is 0.604. The SMILES string of the molecule is COc1ccc(NCc2n[nH]nc2-c2ccccc2)cc1. The molecule has 0 saturated heterocycles. The largest absolute Gasteiger partial charge is 0.497 e. The van der Waals surface area contributed by atoms with Gasteiger partial charge in [-0.15, -0.1) is 0 Å². The maximum atomic E-state index is 5.14. The van der Waals surface area contributed by atoms with Gasteiger partial charge in [0, 0.05) is 11.3 Å². The number of H-pyrrole nitrogens is 1. The molecule has 21 heavy (non-hydrogen) atoms. The van der Waals surface area contributed by atoms with Crippen LogP contribution in [0.5, 0.6) is 5.75 Å². The second kappa shape index (κ2) is 6.09. The molecule has 2 N–H and O–H groups in total. The number of aromatic amines is 1. The van der Waals surface area contributed by atoms with Gasteiger partial charge in [0.2, 0.25) is 0 Å². The van der Waals surface area contributed by atoms with E-state index in [1.165, 1.54) is 0 Å². The first-order valence-electron chi connectivity index (χ1n) is 6.70. The smallest absolute Gasteiger partial charge is 0.119 e. The molecule has 106 valence electrons. The maximum Gasteiger partial charge on any atom is 0.119 e. The standard InChI is InChI=1S/C16H16N4O/c1-21-14-9-7-13(8-10-14)17-11-15-16(19-20-18-15)12-5-3-2-4-6-12/h2-10,17H,11H2,1H3,(H,18,19,20). The summed E-state index contributed by atoms with van der Waals surface area (Å²) in [5, 5.41) is 14.5. The molecule has 2 aromatic carbocycles. The first kappa shape index (κ1) is 13.2. The summed E-state index contributed by atoms with van der Waals surface area (Å²) in [5.41, 5.74) is 3.82. The highest BCUT2D eigenvalue weighted by atomic mass is 16.5. The van der Waals surface area contributed by atoms with Crippen molar-refractivity contribution in [1.82, 2.24) is 15.4 Å². The third-order valence-corrected chi connectivity index (χ3v) is 3.22. The normalized spacial score (nSPS) is 10.3. The summed E-state index contributed by atoms with van der Waals surface area (Å²) < 4.78 is 5.14. The zero-order valence-electron chi connectivity index (χ0n) is 11.7. The molecule has 1 heterocycles. The third kappa shape index (κ3) is 3.02. The van der Waals surface area contributed by atoms with Crippen molar-refractivity contribution in [3.05, 3.63) is 60.3 Å². The number of aromatic nitrogens is 3. The second-order valence-electron chi connectivity index (χ2n) is 4.57. The first-order valence-corrected chi connectivity index (χ1v) is 6.70. The molecular formula is C16H16N4O. The predicted molar refractivity (Wildman–Crippen MR) is 82.1 cm³/mol. The van der Waals surface area contributed by atoms with Gasteiger partial charge in [0.05, 0.1) is 13.7 Å². The summed E-state index contributed by atoms with van der Waals surface area (Å²) in [7, 11) is 1.66. The molecule has 0 saturated carbocycles. The summed E-state index contributed by atoms with van der Waals surface area (Å²) in [5.74, 6) is 0.840. The molecule has 0 atom stereocenters. The Morgan fingerprint density at radius 3 is 2.48 bits per heavy atom. The molecule has 0 fully saturated rings. The topological polar surface area (TPSA) is 62.8 Å². The summed E-state index contributed by atoms with van der Waals surface area (Å²) in [6.07, 6.45) is 0. The lowest BCUT2D eigenvalue weighted by atomic mass is 10.1. The van der Waals surface area contributed by atoms with Crippen LogP contribution in [-0.4, -0.2) is 22.5 Å². The summed E-state index contributed by atoms with van der Waals surface area (Å²) in [6.45, 7) is 0.604. The molecule has 0 radical (unpaired) electrons. The number of nitrogens with zero attached hydrogens (tertiary/aromatic N) is 2. The average Bonchev–Trinajstić information content (AvgIpc) is 3.03. The molecule has 3 aromatic rings. The Hall–Kier alpha value is -2.82. The number of hydrogen-bond donors (Lipinski definition) is 2. The van der Waals surface area contributed by atoms with Gasteiger partial charge in [-0.1, -0.05) is 30.3 Å². The number of benzene rings is 2. The summed E-state index contributed by atoms with van der Waals surface area (Å²) in [4.78, 5) is 0. The van der Waals surface area contributed by atoms with E-state index in [2.05, 4.69) is 20.7 Å². The van der Waals surface area contributed by atoms with E-state index in [4.69, 9.17) is 4.74 Å². The van der Waals surface area contributed by atoms with E-state index in [-0.39, 0.29) is 0 Å². The highest BCUT2D eigenvalue weighted by molar-refractivity contribution is 5.61. The van der Waals surface area contributed by atoms with Gasteiger partial charge in [-0.2, -0.15) is 15.4 Å². The van der Waals surface area contributed by atoms with Gasteiger partial charge in [0.25, 0.3) is 0 Å². The maximum absolute atomic E-state index is 5.14. The zero-order chi connectivity index (χ0) is 14.5. The lowest BCUT2D eigenvalue weighted by Crippen LogP contribution is -2.01. The van der Waals surface area contributed by atoms with E-state index in [0.29, 0.717) is 6.54 Å². The van der Waals surface area contributed by atoms with Crippen LogP contribution in [0.2, 0.25) is 0 Å². The van der Waals surface area contributed by atoms with E-state index in [1.807, 2.05) is 54.6 Å². The van der Waals surface area contributed by atoms with Gasteiger partial charge in [-0.3, -0.25) is 0 Å². The lowest BCUT2D eigenvalue weighted by Gasteiger charge is -2.06. The number of anilines is 1. The van der Waals surface area contributed by atoms with Gasteiger partial charge >= 0.3 is 0 Å². The number of methoxy groups -OCH3 is 1. The van der Waals surface area contributed by atoms with Gasteiger partial charge in [-0.05, 0) is 24.3 Å². The van der Waals surface area contributed by atoms with Gasteiger partial charge in [-0.25, -0.2) is 0 Å². The Morgan fingerprint density at radius 1 is 1.00 bits per heavy atom. The third-order valence-electron chi connectivity index (χ3n) is 3.22. The van der Waals surface area contributed by atoms with E-state index < -0.39 is 0 Å². The fraction of sp³-hybridized carbons (Fsp3) is 0.125. The van der Waals surface area contributed by atoms with Crippen LogP contribution >= 0.6 is 0 Å². The first-order chi connectivity index (χ1) is 10.4. The molecule has 3 rings (SSSR count). The molecule has 0 aliphatic carbocycles. The number of ether oxygens (including phenoxy) is 1. The second-order valence-corrected chi connectivity index (χ2v) is 4.57. The fourth-order valence-electron chi connectivity index (χ4n) is 2.10. The van der Waals surface area contributed by atoms with Crippen LogP contribution in [0.1, 0.15) is 5.69 Å². The molecular weight excluding hydrogens is 264 g/mol. The molecule has 0 bridgehead atoms. The van der Waals surface area contributed by atoms with E-state index in [0.717, 1.165) is 28.4 Å². The summed E-state index contributed by atoms with van der Waals surface area (Å²) >= 11 is 0. The predicted octanol–water partition coefficient (Wildman–Crippen LogP) is 3.09. The Kier molecular flexibility index (Phi) is 3.82. The summed E-state index contributed by atoms with van der Waals surface area (Å²) in [6, 6.07) is 17.8. The van der Waals surface area contributed by atoms with Crippen LogP contribution in [0.3, 0.4) is 0 Å². The van der Waals surface area contributed by atoms with Crippen molar-refractivity contribution in [2.24, 2.45) is 0 Å². The number of hydrogen-bond acceptors (Lipinski definition) is 4. The minimum atomic E-state index is 0.604. The molecule has 5 nitrogen and oxygen atoms in total. The molecule has 0 amide bonds. The highest BCUT2D eigenvalue weighted by Gasteiger charge is 2.09. The van der Waals surface area contributed by atoms with E-state index in [1.54, 1.807) is 7.11 Å². The van der Waals surface area contributed by atoms with E-state index in [9.17, 15) is 0 Å². The Labute approximate surface area is 123 Å². The van der Waals surface area contributed by atoms with Crippen LogP contribution in [-0.2, 0) is 6.54 Å². The quantitative estimate of drug-likeness (QED) is 0.754. The van der Waals surface area contributed by atoms with Crippen LogP contribution in [0.25, 0.3) is 11.3 Å². The highest BCUT2D eigenvalue weighted by Crippen LogP contribution is 2.20. The molecule has 0 aliphatic rings. The van der Waals surface area contributed by atoms with Crippen molar-refractivity contribution in [2.75, 3.05) is 12.4 Å². The molecule has 0 spiro atoms. The van der Waals surface area contributed by atoms with Gasteiger partial charge in [0.1, 0.15) is 17.1 Å². The molecule has 5 heteroatoms. The molecule has 0 aliphatic heterocycles. The van der Waals surface area contributed by atoms with E-state index >= 15 is 0 Å². The average molecular weight is 280 g/mol. The van der Waals surface area contributed by atoms with Crippen LogP contribution < -0.4 is 10.1 Å². The van der Waals surface area contributed by atoms with Crippen LogP contribution in [0.4, 0.5) is 5.69 Å². The van der Waals surface area contributed by atoms with Crippen molar-refractivity contribution < 1.29 is 4.74 Å². The lowest BCUT2D eigenvalue weighted by molar-refractivity contribution is 0.415. The van der Waals surface area contributed by atoms with Crippen molar-refractivity contribution >= 4 is 5.69 Å². The van der Waals surface area contributed by atoms with Gasteiger partial charge < -0.3 is 10.1 Å². The fourth-order valence-corrected chi connectivity index (χ4v) is 2.10. The van der Waals surface area contributed by atoms with Crippen molar-refractivity contribution in [3.8, 4) is 17.0 Å². The molecule has 1 aromatic heterocycles. The van der Waals surface area contributed by atoms with Crippen molar-refractivity contribution in [1.29, 1.82) is 0 Å². The van der Waals surface area contributed by atoms with Crippen LogP contribution in [0.15, 0.2) is 54.6 Å². The Bertz CT molecular complexity index is 692. The monoisotopic (exact) mass is 280 g/mol. The zero-order valence-corrected chi connectivity index (χ0v) is 11.7. The number of nitrogens with one attached hydrogen (secondary N) is 2. The van der Waals surface area contributed by atoms with Crippen molar-refractivity contribution in [3.63, 3.8) is 0 Å². The molecule has 0 unspecified atom stereocenters. The Balaban J connectivity index is 1.72. The van der Waals surface area contributed by atoms with Crippen LogP contribution in [0, 0.1) is 0 Å². The Morgan fingerprint density at radius 2 is 1.76 bits per heavy atom. The van der Waals surface area contributed by atoms with Crippen molar-refractivity contribution in [2.45, 2.75) is 6.54 Å². The number of rotatable bonds is 5. The van der Waals surface area contributed by atoms with Gasteiger partial charge in [0.15, 0.2) is 0 Å². The minimum Gasteiger partial charge on any atom is -0.497 e.